The average Bonchev–Trinajstić information content (AvgIpc) is 2.79. The van der Waals surface area contributed by atoms with Crippen molar-refractivity contribution in [3.8, 4) is 0 Å². The number of nitrogens with zero attached hydrogens (tertiary/aromatic N) is 2. The Labute approximate surface area is 123 Å². The van der Waals surface area contributed by atoms with Gasteiger partial charge in [0, 0.05) is 12.2 Å². The quantitative estimate of drug-likeness (QED) is 0.790. The molecule has 1 saturated carbocycles. The van der Waals surface area contributed by atoms with E-state index in [-0.39, 0.29) is 18.6 Å². The van der Waals surface area contributed by atoms with E-state index in [1.807, 2.05) is 0 Å². The maximum Gasteiger partial charge on any atom is 0.325 e. The minimum Gasteiger partial charge on any atom is -0.480 e. The zero-order valence-electron chi connectivity index (χ0n) is 12.4. The lowest BCUT2D eigenvalue weighted by Crippen LogP contribution is -2.44. The lowest BCUT2D eigenvalue weighted by atomic mass is 9.80. The highest BCUT2D eigenvalue weighted by Crippen LogP contribution is 2.28. The Kier molecular flexibility index (Phi) is 4.82. The van der Waals surface area contributed by atoms with Crippen molar-refractivity contribution in [3.63, 3.8) is 0 Å². The number of nitrogens with one attached hydrogen (secondary N) is 2. The normalized spacial score (nSPS) is 25.3. The Morgan fingerprint density at radius 2 is 2.19 bits per heavy atom. The molecule has 2 amide bonds. The molecule has 2 rings (SSSR count). The number of amides is 2. The Bertz CT molecular complexity index is 514. The molecule has 3 N–H and O–H groups in total. The molecule has 0 aromatic carbocycles. The lowest BCUT2D eigenvalue weighted by molar-refractivity contribution is -0.137. The molecule has 21 heavy (non-hydrogen) atoms. The van der Waals surface area contributed by atoms with Crippen LogP contribution in [-0.4, -0.2) is 32.9 Å². The van der Waals surface area contributed by atoms with E-state index in [0.717, 1.165) is 25.2 Å². The van der Waals surface area contributed by atoms with Gasteiger partial charge in [0.2, 0.25) is 0 Å². The van der Waals surface area contributed by atoms with Gasteiger partial charge in [0.25, 0.3) is 0 Å². The largest absolute Gasteiger partial charge is 0.480 e. The number of hydrogen-bond acceptors (Lipinski definition) is 3. The highest BCUT2D eigenvalue weighted by atomic mass is 16.4. The van der Waals surface area contributed by atoms with Crippen molar-refractivity contribution in [1.29, 1.82) is 0 Å². The molecular weight excluding hydrogens is 272 g/mol. The van der Waals surface area contributed by atoms with Crippen LogP contribution >= 0.6 is 0 Å². The number of urea groups is 1. The smallest absolute Gasteiger partial charge is 0.325 e. The molecule has 7 heteroatoms. The number of hydrogen-bond donors (Lipinski definition) is 3. The van der Waals surface area contributed by atoms with Gasteiger partial charge in [-0.2, -0.15) is 5.10 Å². The molecular formula is C14H22N4O3. The van der Waals surface area contributed by atoms with Crippen LogP contribution in [0.5, 0.6) is 0 Å². The van der Waals surface area contributed by atoms with E-state index in [0.29, 0.717) is 11.6 Å². The number of carboxylic acid groups (broad SMARTS) is 1. The van der Waals surface area contributed by atoms with Gasteiger partial charge in [0.05, 0.1) is 11.9 Å². The molecule has 0 saturated heterocycles. The van der Waals surface area contributed by atoms with Crippen LogP contribution in [0.1, 0.15) is 33.1 Å². The molecule has 3 atom stereocenters. The van der Waals surface area contributed by atoms with E-state index >= 15 is 0 Å². The molecule has 1 fully saturated rings. The zero-order valence-corrected chi connectivity index (χ0v) is 12.4. The first-order chi connectivity index (χ1) is 9.94. The summed E-state index contributed by atoms with van der Waals surface area (Å²) in [5.41, 5.74) is 0.491. The van der Waals surface area contributed by atoms with E-state index in [1.165, 1.54) is 17.1 Å². The van der Waals surface area contributed by atoms with Gasteiger partial charge in [-0.15, -0.1) is 0 Å². The fourth-order valence-corrected chi connectivity index (χ4v) is 2.87. The van der Waals surface area contributed by atoms with Crippen molar-refractivity contribution in [2.45, 2.75) is 45.7 Å². The number of carboxylic acids is 1. The number of anilines is 1. The fraction of sp³-hybridized carbons (Fsp3) is 0.643. The summed E-state index contributed by atoms with van der Waals surface area (Å²) in [6, 6.07) is -0.0773. The van der Waals surface area contributed by atoms with Gasteiger partial charge in [-0.3, -0.25) is 9.48 Å². The van der Waals surface area contributed by atoms with E-state index in [9.17, 15) is 9.59 Å². The monoisotopic (exact) mass is 294 g/mol. The number of carbonyl (C=O) groups is 2. The summed E-state index contributed by atoms with van der Waals surface area (Å²) in [4.78, 5) is 22.5. The van der Waals surface area contributed by atoms with Crippen LogP contribution in [0.15, 0.2) is 12.4 Å². The third kappa shape index (κ3) is 4.47. The van der Waals surface area contributed by atoms with Gasteiger partial charge in [-0.25, -0.2) is 4.79 Å². The summed E-state index contributed by atoms with van der Waals surface area (Å²) in [5, 5.41) is 18.2. The molecule has 1 aromatic rings. The van der Waals surface area contributed by atoms with Gasteiger partial charge in [-0.1, -0.05) is 13.8 Å². The van der Waals surface area contributed by atoms with Crippen molar-refractivity contribution in [2.75, 3.05) is 5.32 Å². The summed E-state index contributed by atoms with van der Waals surface area (Å²) in [5.74, 6) is 0.212. The van der Waals surface area contributed by atoms with Crippen molar-refractivity contribution in [3.05, 3.63) is 12.4 Å². The Hall–Kier alpha value is -2.05. The maximum absolute atomic E-state index is 12.0. The molecule has 0 bridgehead atoms. The number of rotatable bonds is 4. The van der Waals surface area contributed by atoms with Gasteiger partial charge in [0.1, 0.15) is 6.54 Å². The Morgan fingerprint density at radius 1 is 1.43 bits per heavy atom. The van der Waals surface area contributed by atoms with Gasteiger partial charge in [0.15, 0.2) is 0 Å². The third-order valence-corrected chi connectivity index (χ3v) is 3.94. The van der Waals surface area contributed by atoms with Crippen molar-refractivity contribution in [1.82, 2.24) is 15.1 Å². The first-order valence-corrected chi connectivity index (χ1v) is 7.26. The molecule has 1 heterocycles. The second-order valence-corrected chi connectivity index (χ2v) is 5.92. The van der Waals surface area contributed by atoms with Gasteiger partial charge >= 0.3 is 12.0 Å². The number of carbonyl (C=O) groups excluding carboxylic acids is 1. The first kappa shape index (κ1) is 15.3. The zero-order chi connectivity index (χ0) is 15.4. The van der Waals surface area contributed by atoms with Crippen LogP contribution in [-0.2, 0) is 11.3 Å². The fourth-order valence-electron chi connectivity index (χ4n) is 2.87. The molecule has 3 unspecified atom stereocenters. The molecule has 1 aliphatic rings. The van der Waals surface area contributed by atoms with Crippen LogP contribution in [0, 0.1) is 11.8 Å². The molecule has 0 aliphatic heterocycles. The SMILES string of the molecule is CC1CCC(NC(=O)Nc2cnn(CC(=O)O)c2)C(C)C1. The Morgan fingerprint density at radius 3 is 2.86 bits per heavy atom. The minimum absolute atomic E-state index is 0.190. The van der Waals surface area contributed by atoms with E-state index in [4.69, 9.17) is 5.11 Å². The van der Waals surface area contributed by atoms with Gasteiger partial charge < -0.3 is 15.7 Å². The second kappa shape index (κ2) is 6.60. The molecule has 116 valence electrons. The van der Waals surface area contributed by atoms with E-state index in [2.05, 4.69) is 29.6 Å². The summed E-state index contributed by atoms with van der Waals surface area (Å²) in [6.07, 6.45) is 6.19. The Balaban J connectivity index is 1.84. The summed E-state index contributed by atoms with van der Waals surface area (Å²) < 4.78 is 1.27. The predicted octanol–water partition coefficient (Wildman–Crippen LogP) is 1.91. The summed E-state index contributed by atoms with van der Waals surface area (Å²) in [7, 11) is 0. The highest BCUT2D eigenvalue weighted by molar-refractivity contribution is 5.89. The van der Waals surface area contributed by atoms with Crippen molar-refractivity contribution in [2.24, 2.45) is 11.8 Å². The standard InChI is InChI=1S/C14H22N4O3/c1-9-3-4-12(10(2)5-9)17-14(21)16-11-6-15-18(7-11)8-13(19)20/h6-7,9-10,12H,3-5,8H2,1-2H3,(H,19,20)(H2,16,17,21). The van der Waals surface area contributed by atoms with Crippen molar-refractivity contribution >= 4 is 17.7 Å². The third-order valence-electron chi connectivity index (χ3n) is 3.94. The van der Waals surface area contributed by atoms with Crippen LogP contribution in [0.25, 0.3) is 0 Å². The van der Waals surface area contributed by atoms with Crippen molar-refractivity contribution < 1.29 is 14.7 Å². The highest BCUT2D eigenvalue weighted by Gasteiger charge is 2.26. The molecule has 7 nitrogen and oxygen atoms in total. The first-order valence-electron chi connectivity index (χ1n) is 7.26. The van der Waals surface area contributed by atoms with Crippen LogP contribution in [0.3, 0.4) is 0 Å². The summed E-state index contributed by atoms with van der Waals surface area (Å²) >= 11 is 0. The van der Waals surface area contributed by atoms with Crippen LogP contribution in [0.4, 0.5) is 10.5 Å². The topological polar surface area (TPSA) is 96.3 Å². The van der Waals surface area contributed by atoms with E-state index in [1.54, 1.807) is 0 Å². The van der Waals surface area contributed by atoms with Crippen LogP contribution in [0.2, 0.25) is 0 Å². The maximum atomic E-state index is 12.0. The lowest BCUT2D eigenvalue weighted by Gasteiger charge is -2.33. The molecule has 0 radical (unpaired) electrons. The van der Waals surface area contributed by atoms with Crippen LogP contribution < -0.4 is 10.6 Å². The average molecular weight is 294 g/mol. The number of aliphatic carboxylic acids is 1. The summed E-state index contributed by atoms with van der Waals surface area (Å²) in [6.45, 7) is 4.18. The number of aromatic nitrogens is 2. The second-order valence-electron chi connectivity index (χ2n) is 5.92. The predicted molar refractivity (Wildman–Crippen MR) is 78.0 cm³/mol. The van der Waals surface area contributed by atoms with E-state index < -0.39 is 5.97 Å². The molecule has 1 aliphatic carbocycles. The minimum atomic E-state index is -0.973. The van der Waals surface area contributed by atoms with Gasteiger partial charge in [-0.05, 0) is 31.1 Å². The molecule has 0 spiro atoms. The molecule has 1 aromatic heterocycles.